The van der Waals surface area contributed by atoms with Crippen molar-refractivity contribution < 1.29 is 9.50 Å². The van der Waals surface area contributed by atoms with Gasteiger partial charge in [0.15, 0.2) is 0 Å². The van der Waals surface area contributed by atoms with Gasteiger partial charge in [-0.25, -0.2) is 4.39 Å². The third kappa shape index (κ3) is 2.54. The van der Waals surface area contributed by atoms with Crippen LogP contribution >= 0.6 is 11.6 Å². The van der Waals surface area contributed by atoms with Crippen molar-refractivity contribution in [3.63, 3.8) is 0 Å². The molecule has 96 valence electrons. The molecule has 18 heavy (non-hydrogen) atoms. The maximum atomic E-state index is 13.7. The van der Waals surface area contributed by atoms with Gasteiger partial charge in [0.2, 0.25) is 0 Å². The zero-order chi connectivity index (χ0) is 13.3. The fourth-order valence-electron chi connectivity index (χ4n) is 1.96. The molecule has 1 N–H and O–H groups in total. The number of nitrogens with zero attached hydrogens (tertiary/aromatic N) is 2. The molecule has 1 aromatic heterocycles. The predicted molar refractivity (Wildman–Crippen MR) is 68.0 cm³/mol. The predicted octanol–water partition coefficient (Wildman–Crippen LogP) is 2.80. The Bertz CT molecular complexity index is 568. The molecule has 2 aromatic rings. The Balaban J connectivity index is 2.24. The Kier molecular flexibility index (Phi) is 3.68. The fourth-order valence-corrected chi connectivity index (χ4v) is 2.16. The van der Waals surface area contributed by atoms with E-state index >= 15 is 0 Å². The highest BCUT2D eigenvalue weighted by Gasteiger charge is 2.16. The summed E-state index contributed by atoms with van der Waals surface area (Å²) < 4.78 is 15.3. The van der Waals surface area contributed by atoms with Crippen LogP contribution in [-0.4, -0.2) is 14.9 Å². The van der Waals surface area contributed by atoms with Gasteiger partial charge in [0.05, 0.1) is 22.5 Å². The van der Waals surface area contributed by atoms with E-state index in [1.54, 1.807) is 29.9 Å². The molecule has 0 bridgehead atoms. The number of aliphatic hydroxyl groups excluding tert-OH is 1. The minimum Gasteiger partial charge on any atom is -0.386 e. The van der Waals surface area contributed by atoms with Gasteiger partial charge >= 0.3 is 0 Å². The highest BCUT2D eigenvalue weighted by molar-refractivity contribution is 6.30. The van der Waals surface area contributed by atoms with E-state index in [0.29, 0.717) is 11.3 Å². The molecule has 2 rings (SSSR count). The molecule has 0 saturated heterocycles. The number of aryl methyl sites for hydroxylation is 2. The quantitative estimate of drug-likeness (QED) is 0.930. The summed E-state index contributed by atoms with van der Waals surface area (Å²) in [4.78, 5) is 0. The lowest BCUT2D eigenvalue weighted by Gasteiger charge is -2.12. The van der Waals surface area contributed by atoms with Gasteiger partial charge in [0.1, 0.15) is 5.82 Å². The lowest BCUT2D eigenvalue weighted by molar-refractivity contribution is 0.167. The number of aliphatic hydroxyl groups is 1. The molecule has 1 atom stereocenters. The summed E-state index contributed by atoms with van der Waals surface area (Å²) in [5, 5.41) is 14.3. The summed E-state index contributed by atoms with van der Waals surface area (Å²) in [6.45, 7) is 1.84. The number of halogens is 2. The standard InChI is InChI=1S/C13H14ClFN2O/c1-8-6-11(17(2)16-8)12(18)7-9-4-3-5-10(14)13(9)15/h3-6,12,18H,7H2,1-2H3. The van der Waals surface area contributed by atoms with Crippen LogP contribution in [0.15, 0.2) is 24.3 Å². The second-order valence-electron chi connectivity index (χ2n) is 4.27. The molecule has 0 aliphatic heterocycles. The van der Waals surface area contributed by atoms with Gasteiger partial charge in [-0.2, -0.15) is 5.10 Å². The lowest BCUT2D eigenvalue weighted by Crippen LogP contribution is -2.09. The third-order valence-corrected chi connectivity index (χ3v) is 3.12. The monoisotopic (exact) mass is 268 g/mol. The van der Waals surface area contributed by atoms with Crippen molar-refractivity contribution in [3.8, 4) is 0 Å². The zero-order valence-corrected chi connectivity index (χ0v) is 10.9. The number of aromatic nitrogens is 2. The van der Waals surface area contributed by atoms with Crippen LogP contribution < -0.4 is 0 Å². The van der Waals surface area contributed by atoms with E-state index in [1.165, 1.54) is 6.07 Å². The average molecular weight is 269 g/mol. The molecular formula is C13H14ClFN2O. The van der Waals surface area contributed by atoms with Crippen LogP contribution in [0.3, 0.4) is 0 Å². The van der Waals surface area contributed by atoms with Crippen molar-refractivity contribution >= 4 is 11.6 Å². The zero-order valence-electron chi connectivity index (χ0n) is 10.2. The molecule has 0 fully saturated rings. The Morgan fingerprint density at radius 1 is 1.50 bits per heavy atom. The number of hydrogen-bond acceptors (Lipinski definition) is 2. The first-order valence-corrected chi connectivity index (χ1v) is 5.98. The topological polar surface area (TPSA) is 38.0 Å². The summed E-state index contributed by atoms with van der Waals surface area (Å²) in [6.07, 6.45) is -0.630. The maximum Gasteiger partial charge on any atom is 0.145 e. The maximum absolute atomic E-state index is 13.7. The molecule has 1 aromatic carbocycles. The van der Waals surface area contributed by atoms with Crippen molar-refractivity contribution in [3.05, 3.63) is 52.1 Å². The third-order valence-electron chi connectivity index (χ3n) is 2.82. The SMILES string of the molecule is Cc1cc(C(O)Cc2cccc(Cl)c2F)n(C)n1. The van der Waals surface area contributed by atoms with Gasteiger partial charge in [-0.05, 0) is 24.6 Å². The van der Waals surface area contributed by atoms with Gasteiger partial charge in [0, 0.05) is 13.5 Å². The second kappa shape index (κ2) is 5.08. The Morgan fingerprint density at radius 2 is 2.22 bits per heavy atom. The van der Waals surface area contributed by atoms with Crippen molar-refractivity contribution in [1.29, 1.82) is 0 Å². The average Bonchev–Trinajstić information content (AvgIpc) is 2.64. The minimum absolute atomic E-state index is 0.0703. The number of rotatable bonds is 3. The molecule has 0 saturated carbocycles. The molecule has 3 nitrogen and oxygen atoms in total. The van der Waals surface area contributed by atoms with Crippen molar-refractivity contribution in [2.45, 2.75) is 19.4 Å². The smallest absolute Gasteiger partial charge is 0.145 e. The van der Waals surface area contributed by atoms with E-state index in [0.717, 1.165) is 5.69 Å². The van der Waals surface area contributed by atoms with Crippen molar-refractivity contribution in [2.75, 3.05) is 0 Å². The van der Waals surface area contributed by atoms with Gasteiger partial charge < -0.3 is 5.11 Å². The van der Waals surface area contributed by atoms with Crippen LogP contribution in [0.4, 0.5) is 4.39 Å². The fraction of sp³-hybridized carbons (Fsp3) is 0.308. The van der Waals surface area contributed by atoms with Crippen LogP contribution in [0.1, 0.15) is 23.1 Å². The lowest BCUT2D eigenvalue weighted by atomic mass is 10.0. The molecule has 0 amide bonds. The van der Waals surface area contributed by atoms with Crippen LogP contribution in [0, 0.1) is 12.7 Å². The first kappa shape index (κ1) is 13.1. The minimum atomic E-state index is -0.802. The molecule has 1 heterocycles. The highest BCUT2D eigenvalue weighted by Crippen LogP contribution is 2.24. The van der Waals surface area contributed by atoms with Crippen molar-refractivity contribution in [2.24, 2.45) is 7.05 Å². The van der Waals surface area contributed by atoms with E-state index in [-0.39, 0.29) is 11.4 Å². The summed E-state index contributed by atoms with van der Waals surface area (Å²) in [5.41, 5.74) is 1.87. The normalized spacial score (nSPS) is 12.7. The second-order valence-corrected chi connectivity index (χ2v) is 4.67. The van der Waals surface area contributed by atoms with Crippen LogP contribution in [-0.2, 0) is 13.5 Å². The van der Waals surface area contributed by atoms with Crippen molar-refractivity contribution in [1.82, 2.24) is 9.78 Å². The summed E-state index contributed by atoms with van der Waals surface area (Å²) in [5.74, 6) is -0.475. The molecule has 0 spiro atoms. The van der Waals surface area contributed by atoms with Crippen LogP contribution in [0.2, 0.25) is 5.02 Å². The molecular weight excluding hydrogens is 255 g/mol. The largest absolute Gasteiger partial charge is 0.386 e. The summed E-state index contributed by atoms with van der Waals surface area (Å²) >= 11 is 5.70. The van der Waals surface area contributed by atoms with Gasteiger partial charge in [-0.15, -0.1) is 0 Å². The first-order chi connectivity index (χ1) is 8.49. The number of benzene rings is 1. The summed E-state index contributed by atoms with van der Waals surface area (Å²) in [6, 6.07) is 6.56. The van der Waals surface area contributed by atoms with Crippen LogP contribution in [0.5, 0.6) is 0 Å². The molecule has 1 unspecified atom stereocenters. The summed E-state index contributed by atoms with van der Waals surface area (Å²) in [7, 11) is 1.75. The van der Waals surface area contributed by atoms with Gasteiger partial charge in [-0.1, -0.05) is 23.7 Å². The van der Waals surface area contributed by atoms with E-state index in [4.69, 9.17) is 11.6 Å². The highest BCUT2D eigenvalue weighted by atomic mass is 35.5. The Morgan fingerprint density at radius 3 is 2.83 bits per heavy atom. The van der Waals surface area contributed by atoms with E-state index in [9.17, 15) is 9.50 Å². The van der Waals surface area contributed by atoms with Crippen LogP contribution in [0.25, 0.3) is 0 Å². The number of hydrogen-bond donors (Lipinski definition) is 1. The first-order valence-electron chi connectivity index (χ1n) is 5.60. The van der Waals surface area contributed by atoms with Gasteiger partial charge in [-0.3, -0.25) is 4.68 Å². The molecule has 0 aliphatic rings. The molecule has 0 aliphatic carbocycles. The van der Waals surface area contributed by atoms with E-state index in [2.05, 4.69) is 5.10 Å². The molecule has 5 heteroatoms. The Hall–Kier alpha value is -1.39. The Labute approximate surface area is 110 Å². The van der Waals surface area contributed by atoms with Gasteiger partial charge in [0.25, 0.3) is 0 Å². The van der Waals surface area contributed by atoms with E-state index in [1.807, 2.05) is 6.92 Å². The van der Waals surface area contributed by atoms with E-state index < -0.39 is 11.9 Å². The molecule has 0 radical (unpaired) electrons.